The normalized spacial score (nSPS) is 13.7. The van der Waals surface area contributed by atoms with Crippen molar-refractivity contribution in [3.05, 3.63) is 6.92 Å². The molecule has 0 aromatic heterocycles. The van der Waals surface area contributed by atoms with Crippen LogP contribution in [0.5, 0.6) is 0 Å². The van der Waals surface area contributed by atoms with Gasteiger partial charge in [0.15, 0.2) is 0 Å². The van der Waals surface area contributed by atoms with Gasteiger partial charge in [-0.25, -0.2) is 0 Å². The highest BCUT2D eigenvalue weighted by molar-refractivity contribution is 4.53. The SMILES string of the molecule is [CH2]CCC(C)CCCC. The molecule has 0 bridgehead atoms. The van der Waals surface area contributed by atoms with Crippen molar-refractivity contribution >= 4 is 0 Å². The fraction of sp³-hybridized carbons (Fsp3) is 0.889. The van der Waals surface area contributed by atoms with E-state index in [2.05, 4.69) is 20.8 Å². The Bertz CT molecular complexity index is 48.0. The zero-order valence-corrected chi connectivity index (χ0v) is 6.82. The molecule has 0 amide bonds. The lowest BCUT2D eigenvalue weighted by Gasteiger charge is -2.06. The molecule has 0 aromatic carbocycles. The van der Waals surface area contributed by atoms with Gasteiger partial charge in [0.05, 0.1) is 0 Å². The summed E-state index contributed by atoms with van der Waals surface area (Å²) in [4.78, 5) is 0. The van der Waals surface area contributed by atoms with Gasteiger partial charge in [0.1, 0.15) is 0 Å². The van der Waals surface area contributed by atoms with E-state index >= 15 is 0 Å². The summed E-state index contributed by atoms with van der Waals surface area (Å²) in [6, 6.07) is 0. The summed E-state index contributed by atoms with van der Waals surface area (Å²) in [6.45, 7) is 8.40. The maximum atomic E-state index is 3.83. The zero-order valence-electron chi connectivity index (χ0n) is 6.82. The summed E-state index contributed by atoms with van der Waals surface area (Å²) >= 11 is 0. The fourth-order valence-corrected chi connectivity index (χ4v) is 1.05. The molecule has 0 aromatic rings. The third-order valence-corrected chi connectivity index (χ3v) is 1.75. The lowest BCUT2D eigenvalue weighted by Crippen LogP contribution is -1.92. The molecule has 0 aliphatic heterocycles. The number of hydrogen-bond acceptors (Lipinski definition) is 0. The molecule has 1 radical (unpaired) electrons. The third-order valence-electron chi connectivity index (χ3n) is 1.75. The Kier molecular flexibility index (Phi) is 6.12. The first-order valence-corrected chi connectivity index (χ1v) is 4.10. The fourth-order valence-electron chi connectivity index (χ4n) is 1.05. The Morgan fingerprint density at radius 3 is 2.44 bits per heavy atom. The maximum Gasteiger partial charge on any atom is -0.0443 e. The standard InChI is InChI=1S/C9H19/c1-4-6-8-9(3)7-5-2/h9H,2,4-8H2,1,3H3. The van der Waals surface area contributed by atoms with E-state index in [1.54, 1.807) is 0 Å². The first-order valence-electron chi connectivity index (χ1n) is 4.10. The van der Waals surface area contributed by atoms with Crippen LogP contribution in [0, 0.1) is 12.8 Å². The number of rotatable bonds is 5. The van der Waals surface area contributed by atoms with E-state index in [0.29, 0.717) is 0 Å². The molecule has 55 valence electrons. The van der Waals surface area contributed by atoms with Crippen molar-refractivity contribution in [3.63, 3.8) is 0 Å². The van der Waals surface area contributed by atoms with Crippen LogP contribution in [0.2, 0.25) is 0 Å². The minimum atomic E-state index is 0.905. The van der Waals surface area contributed by atoms with Crippen molar-refractivity contribution < 1.29 is 0 Å². The van der Waals surface area contributed by atoms with Gasteiger partial charge in [0.2, 0.25) is 0 Å². The Hall–Kier alpha value is 0. The maximum absolute atomic E-state index is 3.83. The highest BCUT2D eigenvalue weighted by Crippen LogP contribution is 2.12. The van der Waals surface area contributed by atoms with Gasteiger partial charge in [-0.1, -0.05) is 52.9 Å². The second-order valence-electron chi connectivity index (χ2n) is 2.89. The molecule has 9 heavy (non-hydrogen) atoms. The summed E-state index contributed by atoms with van der Waals surface area (Å²) < 4.78 is 0. The number of hydrogen-bond donors (Lipinski definition) is 0. The predicted octanol–water partition coefficient (Wildman–Crippen LogP) is 3.43. The van der Waals surface area contributed by atoms with Crippen LogP contribution >= 0.6 is 0 Å². The second kappa shape index (κ2) is 6.12. The van der Waals surface area contributed by atoms with Gasteiger partial charge in [-0.2, -0.15) is 0 Å². The van der Waals surface area contributed by atoms with E-state index in [-0.39, 0.29) is 0 Å². The van der Waals surface area contributed by atoms with Crippen molar-refractivity contribution in [3.8, 4) is 0 Å². The van der Waals surface area contributed by atoms with Crippen LogP contribution in [0.1, 0.15) is 46.0 Å². The van der Waals surface area contributed by atoms with E-state index in [4.69, 9.17) is 0 Å². The van der Waals surface area contributed by atoms with Crippen LogP contribution in [0.15, 0.2) is 0 Å². The summed E-state index contributed by atoms with van der Waals surface area (Å²) in [7, 11) is 0. The quantitative estimate of drug-likeness (QED) is 0.530. The molecule has 0 aliphatic rings. The van der Waals surface area contributed by atoms with E-state index in [9.17, 15) is 0 Å². The monoisotopic (exact) mass is 127 g/mol. The lowest BCUT2D eigenvalue weighted by molar-refractivity contribution is 0.475. The Balaban J connectivity index is 2.95. The van der Waals surface area contributed by atoms with Gasteiger partial charge < -0.3 is 0 Å². The summed E-state index contributed by atoms with van der Waals surface area (Å²) in [6.07, 6.45) is 6.53. The van der Waals surface area contributed by atoms with Crippen LogP contribution in [0.3, 0.4) is 0 Å². The molecule has 0 nitrogen and oxygen atoms in total. The minimum absolute atomic E-state index is 0.905. The van der Waals surface area contributed by atoms with Crippen LogP contribution in [0.25, 0.3) is 0 Å². The molecule has 0 saturated carbocycles. The summed E-state index contributed by atoms with van der Waals surface area (Å²) in [5, 5.41) is 0. The molecule has 0 heteroatoms. The molecule has 0 spiro atoms. The second-order valence-corrected chi connectivity index (χ2v) is 2.89. The highest BCUT2D eigenvalue weighted by atomic mass is 14.0. The molecule has 0 heterocycles. The molecule has 0 saturated heterocycles. The van der Waals surface area contributed by atoms with Gasteiger partial charge in [-0.15, -0.1) is 0 Å². The van der Waals surface area contributed by atoms with E-state index in [1.165, 1.54) is 25.7 Å². The van der Waals surface area contributed by atoms with Crippen molar-refractivity contribution in [2.45, 2.75) is 46.0 Å². The third kappa shape index (κ3) is 5.88. The van der Waals surface area contributed by atoms with E-state index in [0.717, 1.165) is 12.3 Å². The van der Waals surface area contributed by atoms with E-state index in [1.807, 2.05) is 0 Å². The molecular formula is C9H19. The Morgan fingerprint density at radius 1 is 1.33 bits per heavy atom. The molecule has 0 fully saturated rings. The molecule has 0 aliphatic carbocycles. The predicted molar refractivity (Wildman–Crippen MR) is 43.3 cm³/mol. The summed E-state index contributed by atoms with van der Waals surface area (Å²) in [5.74, 6) is 0.905. The highest BCUT2D eigenvalue weighted by Gasteiger charge is 1.97. The molecule has 0 rings (SSSR count). The summed E-state index contributed by atoms with van der Waals surface area (Å²) in [5.41, 5.74) is 0. The molecule has 1 atom stereocenters. The van der Waals surface area contributed by atoms with Gasteiger partial charge in [0.25, 0.3) is 0 Å². The van der Waals surface area contributed by atoms with Crippen LogP contribution in [-0.4, -0.2) is 0 Å². The van der Waals surface area contributed by atoms with Gasteiger partial charge in [-0.3, -0.25) is 0 Å². The Labute approximate surface area is 59.7 Å². The molecule has 0 N–H and O–H groups in total. The van der Waals surface area contributed by atoms with Crippen molar-refractivity contribution in [1.82, 2.24) is 0 Å². The topological polar surface area (TPSA) is 0 Å². The number of unbranched alkanes of at least 4 members (excludes halogenated alkanes) is 1. The average molecular weight is 127 g/mol. The Morgan fingerprint density at radius 2 is 2.00 bits per heavy atom. The average Bonchev–Trinajstić information content (AvgIpc) is 1.85. The van der Waals surface area contributed by atoms with Crippen LogP contribution in [0.4, 0.5) is 0 Å². The largest absolute Gasteiger partial charge is 0.0654 e. The van der Waals surface area contributed by atoms with Gasteiger partial charge >= 0.3 is 0 Å². The van der Waals surface area contributed by atoms with Gasteiger partial charge in [-0.05, 0) is 5.92 Å². The van der Waals surface area contributed by atoms with Crippen LogP contribution < -0.4 is 0 Å². The first kappa shape index (κ1) is 9.00. The minimum Gasteiger partial charge on any atom is -0.0654 e. The smallest absolute Gasteiger partial charge is 0.0443 e. The van der Waals surface area contributed by atoms with Crippen molar-refractivity contribution in [2.75, 3.05) is 0 Å². The molecular weight excluding hydrogens is 108 g/mol. The van der Waals surface area contributed by atoms with Crippen molar-refractivity contribution in [2.24, 2.45) is 5.92 Å². The van der Waals surface area contributed by atoms with E-state index < -0.39 is 0 Å². The lowest BCUT2D eigenvalue weighted by atomic mass is 10.00. The van der Waals surface area contributed by atoms with Gasteiger partial charge in [0, 0.05) is 0 Å². The first-order chi connectivity index (χ1) is 4.31. The molecule has 1 unspecified atom stereocenters. The zero-order chi connectivity index (χ0) is 7.11. The van der Waals surface area contributed by atoms with Crippen LogP contribution in [-0.2, 0) is 0 Å². The van der Waals surface area contributed by atoms with Crippen molar-refractivity contribution in [1.29, 1.82) is 0 Å².